The van der Waals surface area contributed by atoms with Gasteiger partial charge in [-0.1, -0.05) is 32.0 Å². The van der Waals surface area contributed by atoms with Crippen molar-refractivity contribution >= 4 is 11.4 Å². The lowest BCUT2D eigenvalue weighted by atomic mass is 9.98. The molecular weight excluding hydrogens is 308 g/mol. The first-order chi connectivity index (χ1) is 12.2. The SMILES string of the molecule is CCC(C)c1ccccc1OCCNc1ccc(N(CC)CC)cc1. The number of hydrogen-bond acceptors (Lipinski definition) is 3. The highest BCUT2D eigenvalue weighted by Crippen LogP contribution is 2.28. The zero-order valence-electron chi connectivity index (χ0n) is 16.1. The van der Waals surface area contributed by atoms with Crippen molar-refractivity contribution in [3.63, 3.8) is 0 Å². The Morgan fingerprint density at radius 3 is 2.28 bits per heavy atom. The number of nitrogens with zero attached hydrogens (tertiary/aromatic N) is 1. The fraction of sp³-hybridized carbons (Fsp3) is 0.455. The van der Waals surface area contributed by atoms with Gasteiger partial charge in [-0.2, -0.15) is 0 Å². The topological polar surface area (TPSA) is 24.5 Å². The minimum Gasteiger partial charge on any atom is -0.491 e. The molecule has 0 aliphatic rings. The van der Waals surface area contributed by atoms with E-state index in [0.29, 0.717) is 12.5 Å². The maximum atomic E-state index is 6.01. The molecule has 2 rings (SSSR count). The van der Waals surface area contributed by atoms with Gasteiger partial charge in [-0.05, 0) is 62.1 Å². The van der Waals surface area contributed by atoms with E-state index < -0.39 is 0 Å². The van der Waals surface area contributed by atoms with Gasteiger partial charge in [-0.25, -0.2) is 0 Å². The molecule has 0 bridgehead atoms. The molecule has 3 nitrogen and oxygen atoms in total. The highest BCUT2D eigenvalue weighted by atomic mass is 16.5. The Bertz CT molecular complexity index is 620. The van der Waals surface area contributed by atoms with Crippen LogP contribution in [0.5, 0.6) is 5.75 Å². The van der Waals surface area contributed by atoms with Crippen LogP contribution in [-0.2, 0) is 0 Å². The summed E-state index contributed by atoms with van der Waals surface area (Å²) in [7, 11) is 0. The normalized spacial score (nSPS) is 11.8. The average molecular weight is 341 g/mol. The van der Waals surface area contributed by atoms with E-state index in [0.717, 1.165) is 37.5 Å². The van der Waals surface area contributed by atoms with E-state index in [1.807, 2.05) is 6.07 Å². The van der Waals surface area contributed by atoms with Crippen LogP contribution in [0.3, 0.4) is 0 Å². The predicted molar refractivity (Wildman–Crippen MR) is 109 cm³/mol. The van der Waals surface area contributed by atoms with Gasteiger partial charge in [0.15, 0.2) is 0 Å². The van der Waals surface area contributed by atoms with Crippen molar-refractivity contribution in [1.29, 1.82) is 0 Å². The molecule has 1 atom stereocenters. The minimum absolute atomic E-state index is 0.525. The van der Waals surface area contributed by atoms with Crippen molar-refractivity contribution in [1.82, 2.24) is 0 Å². The summed E-state index contributed by atoms with van der Waals surface area (Å²) < 4.78 is 6.01. The van der Waals surface area contributed by atoms with Crippen LogP contribution < -0.4 is 15.0 Å². The van der Waals surface area contributed by atoms with E-state index in [2.05, 4.69) is 80.4 Å². The zero-order chi connectivity index (χ0) is 18.1. The summed E-state index contributed by atoms with van der Waals surface area (Å²) in [6.45, 7) is 12.3. The van der Waals surface area contributed by atoms with Gasteiger partial charge < -0.3 is 15.0 Å². The molecule has 0 radical (unpaired) electrons. The van der Waals surface area contributed by atoms with Crippen molar-refractivity contribution < 1.29 is 4.74 Å². The molecule has 0 amide bonds. The summed E-state index contributed by atoms with van der Waals surface area (Å²) >= 11 is 0. The fourth-order valence-electron chi connectivity index (χ4n) is 2.97. The van der Waals surface area contributed by atoms with Crippen molar-refractivity contribution in [2.75, 3.05) is 36.5 Å². The molecule has 1 unspecified atom stereocenters. The van der Waals surface area contributed by atoms with Crippen molar-refractivity contribution in [2.24, 2.45) is 0 Å². The van der Waals surface area contributed by atoms with Crippen LogP contribution >= 0.6 is 0 Å². The van der Waals surface area contributed by atoms with Crippen molar-refractivity contribution in [3.8, 4) is 5.75 Å². The third-order valence-electron chi connectivity index (χ3n) is 4.75. The summed E-state index contributed by atoms with van der Waals surface area (Å²) in [5.74, 6) is 1.53. The molecule has 25 heavy (non-hydrogen) atoms. The van der Waals surface area contributed by atoms with Crippen LogP contribution in [0.2, 0.25) is 0 Å². The van der Waals surface area contributed by atoms with Crippen molar-refractivity contribution in [2.45, 2.75) is 40.0 Å². The smallest absolute Gasteiger partial charge is 0.122 e. The van der Waals surface area contributed by atoms with Crippen LogP contribution in [0.15, 0.2) is 48.5 Å². The first kappa shape index (κ1) is 19.2. The molecule has 0 fully saturated rings. The molecule has 0 aliphatic heterocycles. The highest BCUT2D eigenvalue weighted by molar-refractivity contribution is 5.55. The number of rotatable bonds is 10. The van der Waals surface area contributed by atoms with Crippen LogP contribution in [0, 0.1) is 0 Å². The standard InChI is InChI=1S/C22H32N2O/c1-5-18(4)21-10-8-9-11-22(21)25-17-16-23-19-12-14-20(15-13-19)24(6-2)7-3/h8-15,18,23H,5-7,16-17H2,1-4H3. The number of benzene rings is 2. The first-order valence-corrected chi connectivity index (χ1v) is 9.50. The maximum absolute atomic E-state index is 6.01. The van der Waals surface area contributed by atoms with Gasteiger partial charge in [0.05, 0.1) is 0 Å². The average Bonchev–Trinajstić information content (AvgIpc) is 2.67. The molecule has 0 spiro atoms. The lowest BCUT2D eigenvalue weighted by Crippen LogP contribution is -2.21. The lowest BCUT2D eigenvalue weighted by molar-refractivity contribution is 0.327. The summed E-state index contributed by atoms with van der Waals surface area (Å²) in [4.78, 5) is 2.35. The Morgan fingerprint density at radius 1 is 0.960 bits per heavy atom. The number of para-hydroxylation sites is 1. The molecule has 1 N–H and O–H groups in total. The predicted octanol–water partition coefficient (Wildman–Crippen LogP) is 5.54. The highest BCUT2D eigenvalue weighted by Gasteiger charge is 2.09. The second-order valence-electron chi connectivity index (χ2n) is 6.34. The molecule has 0 aliphatic carbocycles. The molecule has 136 valence electrons. The zero-order valence-corrected chi connectivity index (χ0v) is 16.1. The van der Waals surface area contributed by atoms with Gasteiger partial charge >= 0.3 is 0 Å². The van der Waals surface area contributed by atoms with Gasteiger partial charge in [0.1, 0.15) is 12.4 Å². The summed E-state index contributed by atoms with van der Waals surface area (Å²) in [6.07, 6.45) is 1.12. The quantitative estimate of drug-likeness (QED) is 0.575. The molecular formula is C22H32N2O. The summed E-state index contributed by atoms with van der Waals surface area (Å²) in [6, 6.07) is 17.0. The lowest BCUT2D eigenvalue weighted by Gasteiger charge is -2.21. The van der Waals surface area contributed by atoms with E-state index in [4.69, 9.17) is 4.74 Å². The van der Waals surface area contributed by atoms with Gasteiger partial charge in [0.25, 0.3) is 0 Å². The van der Waals surface area contributed by atoms with E-state index >= 15 is 0 Å². The fourth-order valence-corrected chi connectivity index (χ4v) is 2.97. The van der Waals surface area contributed by atoms with E-state index in [9.17, 15) is 0 Å². The molecule has 0 aromatic heterocycles. The number of nitrogens with one attached hydrogen (secondary N) is 1. The number of ether oxygens (including phenoxy) is 1. The second kappa shape index (κ2) is 9.97. The van der Waals surface area contributed by atoms with Gasteiger partial charge in [-0.15, -0.1) is 0 Å². The Morgan fingerprint density at radius 2 is 1.64 bits per heavy atom. The van der Waals surface area contributed by atoms with Gasteiger partial charge in [-0.3, -0.25) is 0 Å². The van der Waals surface area contributed by atoms with Crippen LogP contribution in [0.1, 0.15) is 45.6 Å². The first-order valence-electron chi connectivity index (χ1n) is 9.50. The Hall–Kier alpha value is -2.16. The monoisotopic (exact) mass is 340 g/mol. The van der Waals surface area contributed by atoms with E-state index in [1.165, 1.54) is 11.3 Å². The summed E-state index contributed by atoms with van der Waals surface area (Å²) in [5, 5.41) is 3.44. The summed E-state index contributed by atoms with van der Waals surface area (Å²) in [5.41, 5.74) is 3.71. The number of hydrogen-bond donors (Lipinski definition) is 1. The molecule has 2 aromatic carbocycles. The minimum atomic E-state index is 0.525. The van der Waals surface area contributed by atoms with Crippen LogP contribution in [0.25, 0.3) is 0 Å². The Labute approximate surface area is 153 Å². The third-order valence-corrected chi connectivity index (χ3v) is 4.75. The second-order valence-corrected chi connectivity index (χ2v) is 6.34. The largest absolute Gasteiger partial charge is 0.491 e. The van der Waals surface area contributed by atoms with E-state index in [-0.39, 0.29) is 0 Å². The Balaban J connectivity index is 1.84. The number of anilines is 2. The molecule has 2 aromatic rings. The van der Waals surface area contributed by atoms with Gasteiger partial charge in [0.2, 0.25) is 0 Å². The van der Waals surface area contributed by atoms with Crippen molar-refractivity contribution in [3.05, 3.63) is 54.1 Å². The third kappa shape index (κ3) is 5.42. The van der Waals surface area contributed by atoms with Crippen LogP contribution in [0.4, 0.5) is 11.4 Å². The molecule has 3 heteroatoms. The molecule has 0 saturated heterocycles. The Kier molecular flexibility index (Phi) is 7.65. The van der Waals surface area contributed by atoms with Gasteiger partial charge in [0, 0.05) is 31.0 Å². The molecule has 0 saturated carbocycles. The van der Waals surface area contributed by atoms with Crippen LogP contribution in [-0.4, -0.2) is 26.2 Å². The van der Waals surface area contributed by atoms with E-state index in [1.54, 1.807) is 0 Å². The molecule has 0 heterocycles. The maximum Gasteiger partial charge on any atom is 0.122 e.